The fourth-order valence-electron chi connectivity index (χ4n) is 5.20. The maximum absolute atomic E-state index is 12.1. The Bertz CT molecular complexity index is 344. The molecule has 0 aromatic heterocycles. The van der Waals surface area contributed by atoms with Gasteiger partial charge in [0.05, 0.1) is 0 Å². The molecule has 1 amide bonds. The molecule has 108 valence electrons. The monoisotopic (exact) mass is 264 g/mol. The number of fused-ring (bicyclic) bond motifs is 5. The Balaban J connectivity index is 1.50. The van der Waals surface area contributed by atoms with Gasteiger partial charge in [-0.2, -0.15) is 0 Å². The Hall–Kier alpha value is -0.570. The molecular weight excluding hydrogens is 236 g/mol. The maximum atomic E-state index is 12.1. The van der Waals surface area contributed by atoms with Crippen LogP contribution in [0.2, 0.25) is 0 Å². The van der Waals surface area contributed by atoms with Crippen LogP contribution in [0.3, 0.4) is 0 Å². The average molecular weight is 264 g/mol. The SMILES string of the molecule is CCNC(C)CC(=O)NC1CC2CC1C1CCCC21. The first-order chi connectivity index (χ1) is 9.19. The molecule has 0 aromatic rings. The van der Waals surface area contributed by atoms with Gasteiger partial charge in [0.1, 0.15) is 0 Å². The zero-order valence-electron chi connectivity index (χ0n) is 12.3. The number of amides is 1. The van der Waals surface area contributed by atoms with E-state index in [1.807, 2.05) is 0 Å². The number of hydrogen-bond acceptors (Lipinski definition) is 2. The van der Waals surface area contributed by atoms with Crippen molar-refractivity contribution in [1.29, 1.82) is 0 Å². The van der Waals surface area contributed by atoms with E-state index >= 15 is 0 Å². The van der Waals surface area contributed by atoms with E-state index in [1.54, 1.807) is 0 Å². The molecule has 0 radical (unpaired) electrons. The summed E-state index contributed by atoms with van der Waals surface area (Å²) in [5.41, 5.74) is 0. The minimum Gasteiger partial charge on any atom is -0.353 e. The van der Waals surface area contributed by atoms with Crippen LogP contribution < -0.4 is 10.6 Å². The molecule has 0 saturated heterocycles. The average Bonchev–Trinajstić information content (AvgIpc) is 2.98. The van der Waals surface area contributed by atoms with Gasteiger partial charge in [-0.3, -0.25) is 4.79 Å². The second-order valence-corrected chi connectivity index (χ2v) is 6.99. The summed E-state index contributed by atoms with van der Waals surface area (Å²) in [6.07, 6.45) is 7.59. The van der Waals surface area contributed by atoms with Gasteiger partial charge in [-0.15, -0.1) is 0 Å². The molecule has 3 heteroatoms. The Morgan fingerprint density at radius 1 is 1.21 bits per heavy atom. The zero-order chi connectivity index (χ0) is 13.4. The van der Waals surface area contributed by atoms with Crippen molar-refractivity contribution in [1.82, 2.24) is 10.6 Å². The second kappa shape index (κ2) is 5.43. The fraction of sp³-hybridized carbons (Fsp3) is 0.938. The van der Waals surface area contributed by atoms with Crippen LogP contribution in [0.1, 0.15) is 52.4 Å². The predicted octanol–water partition coefficient (Wildman–Crippen LogP) is 2.32. The quantitative estimate of drug-likeness (QED) is 0.800. The van der Waals surface area contributed by atoms with Crippen molar-refractivity contribution in [2.45, 2.75) is 64.5 Å². The van der Waals surface area contributed by atoms with Gasteiger partial charge in [-0.05, 0) is 62.8 Å². The Labute approximate surface area is 116 Å². The molecule has 0 aromatic carbocycles. The first kappa shape index (κ1) is 13.4. The molecular formula is C16H28N2O. The van der Waals surface area contributed by atoms with Gasteiger partial charge < -0.3 is 10.6 Å². The molecule has 3 fully saturated rings. The van der Waals surface area contributed by atoms with Crippen LogP contribution in [0.4, 0.5) is 0 Å². The largest absolute Gasteiger partial charge is 0.353 e. The van der Waals surface area contributed by atoms with Gasteiger partial charge in [0, 0.05) is 18.5 Å². The standard InChI is InChI=1S/C16H28N2O/c1-3-17-10(2)7-16(19)18-15-9-11-8-14(15)13-6-4-5-12(11)13/h10-15,17H,3-9H2,1-2H3,(H,18,19). The highest BCUT2D eigenvalue weighted by molar-refractivity contribution is 5.77. The molecule has 2 N–H and O–H groups in total. The third-order valence-corrected chi connectivity index (χ3v) is 5.82. The molecule has 2 bridgehead atoms. The van der Waals surface area contributed by atoms with Crippen molar-refractivity contribution in [2.24, 2.45) is 23.7 Å². The third-order valence-electron chi connectivity index (χ3n) is 5.82. The smallest absolute Gasteiger partial charge is 0.221 e. The lowest BCUT2D eigenvalue weighted by molar-refractivity contribution is -0.122. The minimum atomic E-state index is 0.251. The molecule has 6 atom stereocenters. The van der Waals surface area contributed by atoms with E-state index in [1.165, 1.54) is 32.1 Å². The van der Waals surface area contributed by atoms with E-state index in [-0.39, 0.29) is 5.91 Å². The van der Waals surface area contributed by atoms with E-state index < -0.39 is 0 Å². The molecule has 19 heavy (non-hydrogen) atoms. The van der Waals surface area contributed by atoms with Crippen LogP contribution >= 0.6 is 0 Å². The highest BCUT2D eigenvalue weighted by Crippen LogP contribution is 2.58. The molecule has 0 aliphatic heterocycles. The van der Waals surface area contributed by atoms with Crippen LogP contribution in [0.25, 0.3) is 0 Å². The molecule has 6 unspecified atom stereocenters. The van der Waals surface area contributed by atoms with E-state index in [9.17, 15) is 4.79 Å². The number of nitrogens with one attached hydrogen (secondary N) is 2. The van der Waals surface area contributed by atoms with Crippen LogP contribution in [0, 0.1) is 23.7 Å². The first-order valence-corrected chi connectivity index (χ1v) is 8.21. The van der Waals surface area contributed by atoms with Gasteiger partial charge in [-0.25, -0.2) is 0 Å². The number of carbonyl (C=O) groups excluding carboxylic acids is 1. The lowest BCUT2D eigenvalue weighted by Gasteiger charge is -2.32. The molecule has 3 aliphatic rings. The van der Waals surface area contributed by atoms with Crippen molar-refractivity contribution in [3.8, 4) is 0 Å². The lowest BCUT2D eigenvalue weighted by Crippen LogP contribution is -2.44. The number of rotatable bonds is 5. The van der Waals surface area contributed by atoms with Crippen LogP contribution in [0.5, 0.6) is 0 Å². The topological polar surface area (TPSA) is 41.1 Å². The molecule has 3 rings (SSSR count). The van der Waals surface area contributed by atoms with Gasteiger partial charge >= 0.3 is 0 Å². The van der Waals surface area contributed by atoms with E-state index in [4.69, 9.17) is 0 Å². The summed E-state index contributed by atoms with van der Waals surface area (Å²) < 4.78 is 0. The summed E-state index contributed by atoms with van der Waals surface area (Å²) in [5, 5.41) is 6.64. The van der Waals surface area contributed by atoms with Crippen molar-refractivity contribution in [3.63, 3.8) is 0 Å². The molecule has 3 saturated carbocycles. The summed E-state index contributed by atoms with van der Waals surface area (Å²) in [4.78, 5) is 12.1. The van der Waals surface area contributed by atoms with Gasteiger partial charge in [0.2, 0.25) is 5.91 Å². The predicted molar refractivity (Wildman–Crippen MR) is 76.7 cm³/mol. The van der Waals surface area contributed by atoms with E-state index in [2.05, 4.69) is 24.5 Å². The van der Waals surface area contributed by atoms with Crippen LogP contribution in [-0.2, 0) is 4.79 Å². The van der Waals surface area contributed by atoms with Crippen molar-refractivity contribution in [3.05, 3.63) is 0 Å². The second-order valence-electron chi connectivity index (χ2n) is 6.99. The summed E-state index contributed by atoms with van der Waals surface area (Å²) >= 11 is 0. The first-order valence-electron chi connectivity index (χ1n) is 8.21. The Morgan fingerprint density at radius 3 is 2.79 bits per heavy atom. The van der Waals surface area contributed by atoms with Crippen molar-refractivity contribution >= 4 is 5.91 Å². The highest BCUT2D eigenvalue weighted by Gasteiger charge is 2.53. The summed E-state index contributed by atoms with van der Waals surface area (Å²) in [5.74, 6) is 3.93. The molecule has 0 heterocycles. The van der Waals surface area contributed by atoms with E-state index in [0.29, 0.717) is 18.5 Å². The van der Waals surface area contributed by atoms with Gasteiger partial charge in [0.15, 0.2) is 0 Å². The Morgan fingerprint density at radius 2 is 2.00 bits per heavy atom. The lowest BCUT2D eigenvalue weighted by atomic mass is 9.79. The number of hydrogen-bond donors (Lipinski definition) is 2. The summed E-state index contributed by atoms with van der Waals surface area (Å²) in [6, 6.07) is 0.786. The maximum Gasteiger partial charge on any atom is 0.221 e. The normalized spacial score (nSPS) is 41.3. The highest BCUT2D eigenvalue weighted by atomic mass is 16.1. The van der Waals surface area contributed by atoms with Crippen LogP contribution in [-0.4, -0.2) is 24.5 Å². The van der Waals surface area contributed by atoms with Crippen molar-refractivity contribution in [2.75, 3.05) is 6.54 Å². The third kappa shape index (κ3) is 2.54. The molecule has 3 aliphatic carbocycles. The van der Waals surface area contributed by atoms with E-state index in [0.717, 1.165) is 30.2 Å². The summed E-state index contributed by atoms with van der Waals surface area (Å²) in [6.45, 7) is 5.12. The minimum absolute atomic E-state index is 0.251. The van der Waals surface area contributed by atoms with Crippen LogP contribution in [0.15, 0.2) is 0 Å². The molecule has 0 spiro atoms. The number of carbonyl (C=O) groups is 1. The Kier molecular flexibility index (Phi) is 3.84. The van der Waals surface area contributed by atoms with Gasteiger partial charge in [0.25, 0.3) is 0 Å². The molecule has 3 nitrogen and oxygen atoms in total. The summed E-state index contributed by atoms with van der Waals surface area (Å²) in [7, 11) is 0. The fourth-order valence-corrected chi connectivity index (χ4v) is 5.20. The van der Waals surface area contributed by atoms with Crippen molar-refractivity contribution < 1.29 is 4.79 Å². The van der Waals surface area contributed by atoms with Gasteiger partial charge in [-0.1, -0.05) is 13.3 Å². The zero-order valence-corrected chi connectivity index (χ0v) is 12.3.